The minimum absolute atomic E-state index is 0.356. The van der Waals surface area contributed by atoms with Crippen molar-refractivity contribution in [3.8, 4) is 5.75 Å². The zero-order valence-corrected chi connectivity index (χ0v) is 11.9. The molecule has 0 bridgehead atoms. The molecule has 1 aromatic rings. The topological polar surface area (TPSA) is 32.8 Å². The van der Waals surface area contributed by atoms with Crippen LogP contribution in [0.25, 0.3) is 0 Å². The van der Waals surface area contributed by atoms with Crippen LogP contribution in [0.15, 0.2) is 18.2 Å². The monoisotopic (exact) mass is 250 g/mol. The van der Waals surface area contributed by atoms with Gasteiger partial charge >= 0.3 is 6.09 Å². The predicted octanol–water partition coefficient (Wildman–Crippen LogP) is 2.90. The molecule has 0 N–H and O–H groups in total. The van der Waals surface area contributed by atoms with Crippen molar-refractivity contribution in [2.24, 2.45) is 0 Å². The lowest BCUT2D eigenvalue weighted by Crippen LogP contribution is -2.25. The number of benzene rings is 1. The molecule has 0 saturated heterocycles. The van der Waals surface area contributed by atoms with Crippen molar-refractivity contribution in [3.63, 3.8) is 0 Å². The van der Waals surface area contributed by atoms with Crippen LogP contribution in [0.5, 0.6) is 5.75 Å². The van der Waals surface area contributed by atoms with E-state index < -0.39 is 0 Å². The van der Waals surface area contributed by atoms with E-state index in [1.807, 2.05) is 25.1 Å². The lowest BCUT2D eigenvalue weighted by atomic mass is 10.1. The summed E-state index contributed by atoms with van der Waals surface area (Å²) in [4.78, 5) is 15.1. The summed E-state index contributed by atoms with van der Waals surface area (Å²) < 4.78 is 5.23. The second-order valence-corrected chi connectivity index (χ2v) is 4.38. The van der Waals surface area contributed by atoms with E-state index in [9.17, 15) is 4.79 Å². The fraction of sp³-hybridized carbons (Fsp3) is 0.500. The molecule has 0 aliphatic heterocycles. The Morgan fingerprint density at radius 1 is 1.22 bits per heavy atom. The van der Waals surface area contributed by atoms with Gasteiger partial charge in [0.25, 0.3) is 0 Å². The van der Waals surface area contributed by atoms with E-state index in [1.54, 1.807) is 14.1 Å². The number of carbonyl (C=O) groups excluding carboxylic acids is 1. The van der Waals surface area contributed by atoms with Gasteiger partial charge in [0.05, 0.1) is 0 Å². The average molecular weight is 250 g/mol. The molecule has 0 fully saturated rings. The Bertz CT molecular complexity index is 412. The highest BCUT2D eigenvalue weighted by Crippen LogP contribution is 2.24. The van der Waals surface area contributed by atoms with Gasteiger partial charge in [0, 0.05) is 32.9 Å². The normalized spacial score (nSPS) is 10.1. The highest BCUT2D eigenvalue weighted by molar-refractivity contribution is 5.70. The van der Waals surface area contributed by atoms with Crippen LogP contribution in [-0.2, 0) is 0 Å². The Morgan fingerprint density at radius 2 is 1.83 bits per heavy atom. The van der Waals surface area contributed by atoms with Crippen LogP contribution >= 0.6 is 0 Å². The quantitative estimate of drug-likeness (QED) is 0.823. The molecule has 0 atom stereocenters. The molecule has 100 valence electrons. The number of carbonyl (C=O) groups is 1. The summed E-state index contributed by atoms with van der Waals surface area (Å²) in [6.07, 6.45) is -0.356. The van der Waals surface area contributed by atoms with E-state index in [0.717, 1.165) is 18.7 Å². The zero-order chi connectivity index (χ0) is 13.7. The molecule has 0 aliphatic carbocycles. The minimum atomic E-state index is -0.356. The molecule has 0 heterocycles. The Morgan fingerprint density at radius 3 is 2.28 bits per heavy atom. The van der Waals surface area contributed by atoms with Gasteiger partial charge < -0.3 is 14.5 Å². The van der Waals surface area contributed by atoms with Crippen molar-refractivity contribution >= 4 is 11.8 Å². The first-order valence-electron chi connectivity index (χ1n) is 6.24. The molecular formula is C14H22N2O2. The van der Waals surface area contributed by atoms with Crippen LogP contribution in [-0.4, -0.2) is 38.2 Å². The van der Waals surface area contributed by atoms with Crippen molar-refractivity contribution in [2.45, 2.75) is 20.8 Å². The fourth-order valence-corrected chi connectivity index (χ4v) is 1.80. The first-order valence-corrected chi connectivity index (χ1v) is 6.24. The second kappa shape index (κ2) is 6.28. The van der Waals surface area contributed by atoms with E-state index in [0.29, 0.717) is 5.75 Å². The molecule has 1 aromatic carbocycles. The van der Waals surface area contributed by atoms with E-state index >= 15 is 0 Å². The molecular weight excluding hydrogens is 228 g/mol. The third kappa shape index (κ3) is 3.39. The molecule has 1 rings (SSSR count). The summed E-state index contributed by atoms with van der Waals surface area (Å²) in [5.74, 6) is 0.585. The fourth-order valence-electron chi connectivity index (χ4n) is 1.80. The summed E-state index contributed by atoms with van der Waals surface area (Å²) >= 11 is 0. The average Bonchev–Trinajstić information content (AvgIpc) is 2.33. The minimum Gasteiger partial charge on any atom is -0.410 e. The van der Waals surface area contributed by atoms with Gasteiger partial charge in [-0.1, -0.05) is 0 Å². The molecule has 4 heteroatoms. The smallest absolute Gasteiger partial charge is 0.410 e. The maximum absolute atomic E-state index is 11.4. The van der Waals surface area contributed by atoms with Crippen LogP contribution in [0.4, 0.5) is 10.5 Å². The Balaban J connectivity index is 2.88. The van der Waals surface area contributed by atoms with Gasteiger partial charge in [-0.15, -0.1) is 0 Å². The summed E-state index contributed by atoms with van der Waals surface area (Å²) in [5.41, 5.74) is 2.30. The third-order valence-corrected chi connectivity index (χ3v) is 2.84. The first-order chi connectivity index (χ1) is 8.49. The first kappa shape index (κ1) is 14.4. The zero-order valence-electron chi connectivity index (χ0n) is 11.9. The number of nitrogens with zero attached hydrogens (tertiary/aromatic N) is 2. The molecule has 4 nitrogen and oxygen atoms in total. The Labute approximate surface area is 109 Å². The van der Waals surface area contributed by atoms with Gasteiger partial charge in [-0.05, 0) is 44.5 Å². The van der Waals surface area contributed by atoms with E-state index in [2.05, 4.69) is 18.7 Å². The number of rotatable bonds is 4. The van der Waals surface area contributed by atoms with Crippen LogP contribution in [0.2, 0.25) is 0 Å². The highest BCUT2D eigenvalue weighted by atomic mass is 16.6. The maximum atomic E-state index is 11.4. The summed E-state index contributed by atoms with van der Waals surface area (Å²) in [7, 11) is 3.33. The lowest BCUT2D eigenvalue weighted by molar-refractivity contribution is 0.172. The van der Waals surface area contributed by atoms with Crippen LogP contribution < -0.4 is 9.64 Å². The van der Waals surface area contributed by atoms with E-state index in [-0.39, 0.29) is 6.09 Å². The maximum Gasteiger partial charge on any atom is 0.414 e. The molecule has 1 amide bonds. The number of anilines is 1. The largest absolute Gasteiger partial charge is 0.414 e. The predicted molar refractivity (Wildman–Crippen MR) is 74.5 cm³/mol. The molecule has 18 heavy (non-hydrogen) atoms. The number of hydrogen-bond acceptors (Lipinski definition) is 3. The second-order valence-electron chi connectivity index (χ2n) is 4.38. The van der Waals surface area contributed by atoms with Gasteiger partial charge in [0.2, 0.25) is 0 Å². The molecule has 0 unspecified atom stereocenters. The van der Waals surface area contributed by atoms with Gasteiger partial charge in [-0.25, -0.2) is 4.79 Å². The number of ether oxygens (including phenoxy) is 1. The standard InChI is InChI=1S/C14H22N2O2/c1-6-16(7-2)13-9-8-12(10-11(13)3)18-14(17)15(4)5/h8-10H,6-7H2,1-5H3. The van der Waals surface area contributed by atoms with Crippen molar-refractivity contribution < 1.29 is 9.53 Å². The SMILES string of the molecule is CCN(CC)c1ccc(OC(=O)N(C)C)cc1C. The molecule has 0 aromatic heterocycles. The Hall–Kier alpha value is -1.71. The van der Waals surface area contributed by atoms with Crippen LogP contribution in [0, 0.1) is 6.92 Å². The summed E-state index contributed by atoms with van der Waals surface area (Å²) in [5, 5.41) is 0. The molecule has 0 aliphatic rings. The number of hydrogen-bond donors (Lipinski definition) is 0. The van der Waals surface area contributed by atoms with Gasteiger partial charge in [-0.3, -0.25) is 0 Å². The van der Waals surface area contributed by atoms with Crippen LogP contribution in [0.1, 0.15) is 19.4 Å². The highest BCUT2D eigenvalue weighted by Gasteiger charge is 2.10. The van der Waals surface area contributed by atoms with E-state index in [4.69, 9.17) is 4.74 Å². The molecule has 0 spiro atoms. The number of aryl methyl sites for hydroxylation is 1. The summed E-state index contributed by atoms with van der Waals surface area (Å²) in [6.45, 7) is 8.22. The molecule has 0 radical (unpaired) electrons. The van der Waals surface area contributed by atoms with Crippen molar-refractivity contribution in [1.82, 2.24) is 4.90 Å². The molecule has 0 saturated carbocycles. The van der Waals surface area contributed by atoms with Gasteiger partial charge in [0.1, 0.15) is 5.75 Å². The van der Waals surface area contributed by atoms with E-state index in [1.165, 1.54) is 10.6 Å². The Kier molecular flexibility index (Phi) is 5.01. The van der Waals surface area contributed by atoms with Gasteiger partial charge in [-0.2, -0.15) is 0 Å². The third-order valence-electron chi connectivity index (χ3n) is 2.84. The van der Waals surface area contributed by atoms with Crippen molar-refractivity contribution in [3.05, 3.63) is 23.8 Å². The number of amides is 1. The van der Waals surface area contributed by atoms with Gasteiger partial charge in [0.15, 0.2) is 0 Å². The van der Waals surface area contributed by atoms with Crippen molar-refractivity contribution in [2.75, 3.05) is 32.1 Å². The lowest BCUT2D eigenvalue weighted by Gasteiger charge is -2.23. The van der Waals surface area contributed by atoms with Crippen LogP contribution in [0.3, 0.4) is 0 Å². The van der Waals surface area contributed by atoms with Crippen molar-refractivity contribution in [1.29, 1.82) is 0 Å². The summed E-state index contributed by atoms with van der Waals surface area (Å²) in [6, 6.07) is 5.73.